The number of rotatable bonds is 9. The van der Waals surface area contributed by atoms with Crippen LogP contribution >= 0.6 is 0 Å². The predicted molar refractivity (Wildman–Crippen MR) is 135 cm³/mol. The van der Waals surface area contributed by atoms with Gasteiger partial charge in [0.1, 0.15) is 24.9 Å². The van der Waals surface area contributed by atoms with E-state index in [-0.39, 0.29) is 19.6 Å². The van der Waals surface area contributed by atoms with Gasteiger partial charge in [-0.25, -0.2) is 14.4 Å². The first-order valence-electron chi connectivity index (χ1n) is 11.7. The van der Waals surface area contributed by atoms with E-state index in [9.17, 15) is 14.4 Å². The van der Waals surface area contributed by atoms with Crippen molar-refractivity contribution in [3.63, 3.8) is 0 Å². The van der Waals surface area contributed by atoms with E-state index in [1.165, 1.54) is 0 Å². The molecule has 7 heteroatoms. The molecule has 3 aromatic rings. The van der Waals surface area contributed by atoms with E-state index in [0.29, 0.717) is 11.1 Å². The number of hydrogen-bond donors (Lipinski definition) is 1. The first-order valence-corrected chi connectivity index (χ1v) is 11.7. The zero-order chi connectivity index (χ0) is 26.0. The van der Waals surface area contributed by atoms with Crippen LogP contribution in [0.15, 0.2) is 84.9 Å². The van der Waals surface area contributed by atoms with Gasteiger partial charge in [-0.05, 0) is 49.6 Å². The molecule has 0 saturated heterocycles. The Morgan fingerprint density at radius 3 is 1.89 bits per heavy atom. The Bertz CT molecular complexity index is 1160. The summed E-state index contributed by atoms with van der Waals surface area (Å²) in [4.78, 5) is 38.0. The minimum absolute atomic E-state index is 0.0621. The second kappa shape index (κ2) is 12.5. The molecule has 3 rings (SSSR count). The van der Waals surface area contributed by atoms with Crippen LogP contribution < -0.4 is 5.32 Å². The zero-order valence-electron chi connectivity index (χ0n) is 20.7. The molecule has 1 N–H and O–H groups in total. The third-order valence-electron chi connectivity index (χ3n) is 5.01. The number of amides is 1. The zero-order valence-corrected chi connectivity index (χ0v) is 20.7. The molecule has 0 heterocycles. The van der Waals surface area contributed by atoms with E-state index >= 15 is 0 Å². The van der Waals surface area contributed by atoms with Crippen molar-refractivity contribution >= 4 is 18.0 Å². The Kier molecular flexibility index (Phi) is 9.22. The summed E-state index contributed by atoms with van der Waals surface area (Å²) in [7, 11) is 0. The fraction of sp³-hybridized carbons (Fsp3) is 0.276. The number of ether oxygens (including phenoxy) is 3. The van der Waals surface area contributed by atoms with E-state index in [2.05, 4.69) is 5.32 Å². The van der Waals surface area contributed by atoms with E-state index in [4.69, 9.17) is 14.2 Å². The van der Waals surface area contributed by atoms with E-state index in [1.54, 1.807) is 45.0 Å². The number of alkyl carbamates (subject to hydrolysis) is 1. The molecule has 0 spiro atoms. The van der Waals surface area contributed by atoms with Gasteiger partial charge < -0.3 is 19.5 Å². The molecule has 1 amide bonds. The average molecular weight is 490 g/mol. The fourth-order valence-electron chi connectivity index (χ4n) is 3.33. The SMILES string of the molecule is CC(C)(C)OC(=O)c1cccc(C[C@H](NC(=O)OCc2ccccc2)C(=O)OCc2ccccc2)c1. The molecule has 0 radical (unpaired) electrons. The lowest BCUT2D eigenvalue weighted by atomic mass is 10.0. The van der Waals surface area contributed by atoms with Crippen LogP contribution in [0, 0.1) is 0 Å². The van der Waals surface area contributed by atoms with Gasteiger partial charge in [0, 0.05) is 6.42 Å². The second-order valence-electron chi connectivity index (χ2n) is 9.26. The third-order valence-corrected chi connectivity index (χ3v) is 5.01. The third kappa shape index (κ3) is 8.91. The smallest absolute Gasteiger partial charge is 0.408 e. The summed E-state index contributed by atoms with van der Waals surface area (Å²) in [6.07, 6.45) is -0.645. The van der Waals surface area contributed by atoms with E-state index < -0.39 is 29.7 Å². The van der Waals surface area contributed by atoms with Crippen LogP contribution in [0.5, 0.6) is 0 Å². The van der Waals surface area contributed by atoms with Crippen LogP contribution in [0.1, 0.15) is 47.8 Å². The monoisotopic (exact) mass is 489 g/mol. The van der Waals surface area contributed by atoms with Gasteiger partial charge >= 0.3 is 18.0 Å². The molecule has 7 nitrogen and oxygen atoms in total. The Morgan fingerprint density at radius 2 is 1.31 bits per heavy atom. The second-order valence-corrected chi connectivity index (χ2v) is 9.26. The summed E-state index contributed by atoms with van der Waals surface area (Å²) in [5.41, 5.74) is 2.01. The molecule has 0 saturated carbocycles. The summed E-state index contributed by atoms with van der Waals surface area (Å²) in [6.45, 7) is 5.50. The molecule has 0 aliphatic rings. The minimum atomic E-state index is -1.02. The van der Waals surface area contributed by atoms with Crippen LogP contribution in [-0.4, -0.2) is 29.7 Å². The van der Waals surface area contributed by atoms with Gasteiger partial charge in [-0.15, -0.1) is 0 Å². The Hall–Kier alpha value is -4.13. The van der Waals surface area contributed by atoms with Gasteiger partial charge in [-0.3, -0.25) is 0 Å². The first-order chi connectivity index (χ1) is 17.2. The molecule has 0 aromatic heterocycles. The number of nitrogens with one attached hydrogen (secondary N) is 1. The summed E-state index contributed by atoms with van der Waals surface area (Å²) in [6, 6.07) is 24.2. The Morgan fingerprint density at radius 1 is 0.750 bits per heavy atom. The van der Waals surface area contributed by atoms with E-state index in [1.807, 2.05) is 60.7 Å². The standard InChI is InChI=1S/C29H31NO6/c1-29(2,3)36-26(31)24-16-10-15-23(17-24)18-25(27(32)34-19-21-11-6-4-7-12-21)30-28(33)35-20-22-13-8-5-9-14-22/h4-17,25H,18-20H2,1-3H3,(H,30,33)/t25-/m0/s1. The predicted octanol–water partition coefficient (Wildman–Crippen LogP) is 5.22. The van der Waals surface area contributed by atoms with Crippen LogP contribution in [0.25, 0.3) is 0 Å². The van der Waals surface area contributed by atoms with Crippen molar-refractivity contribution in [2.45, 2.75) is 52.0 Å². The van der Waals surface area contributed by atoms with Gasteiger partial charge in [0.05, 0.1) is 5.56 Å². The molecule has 0 unspecified atom stereocenters. The van der Waals surface area contributed by atoms with Gasteiger partial charge in [0.15, 0.2) is 0 Å². The van der Waals surface area contributed by atoms with Crippen molar-refractivity contribution in [2.75, 3.05) is 0 Å². The van der Waals surface area contributed by atoms with Crippen LogP contribution in [0.3, 0.4) is 0 Å². The largest absolute Gasteiger partial charge is 0.459 e. The van der Waals surface area contributed by atoms with Crippen molar-refractivity contribution in [1.82, 2.24) is 5.32 Å². The number of benzene rings is 3. The maximum Gasteiger partial charge on any atom is 0.408 e. The van der Waals surface area contributed by atoms with Crippen LogP contribution in [0.2, 0.25) is 0 Å². The highest BCUT2D eigenvalue weighted by atomic mass is 16.6. The van der Waals surface area contributed by atoms with Crippen molar-refractivity contribution < 1.29 is 28.6 Å². The van der Waals surface area contributed by atoms with Gasteiger partial charge in [0.2, 0.25) is 0 Å². The maximum absolute atomic E-state index is 13.0. The van der Waals surface area contributed by atoms with Crippen molar-refractivity contribution in [3.8, 4) is 0 Å². The first kappa shape index (κ1) is 26.5. The summed E-state index contributed by atoms with van der Waals surface area (Å²) < 4.78 is 16.2. The molecule has 1 atom stereocenters. The van der Waals surface area contributed by atoms with Crippen molar-refractivity contribution in [2.24, 2.45) is 0 Å². The number of esters is 2. The molecule has 3 aromatic carbocycles. The van der Waals surface area contributed by atoms with Gasteiger partial charge in [-0.2, -0.15) is 0 Å². The summed E-state index contributed by atoms with van der Waals surface area (Å²) in [5, 5.41) is 2.61. The van der Waals surface area contributed by atoms with Gasteiger partial charge in [0.25, 0.3) is 0 Å². The Balaban J connectivity index is 1.70. The number of carbonyl (C=O) groups excluding carboxylic acids is 3. The van der Waals surface area contributed by atoms with Crippen molar-refractivity contribution in [3.05, 3.63) is 107 Å². The lowest BCUT2D eigenvalue weighted by Crippen LogP contribution is -2.43. The highest BCUT2D eigenvalue weighted by molar-refractivity contribution is 5.90. The van der Waals surface area contributed by atoms with Gasteiger partial charge in [-0.1, -0.05) is 72.8 Å². The number of carbonyl (C=O) groups is 3. The normalized spacial score (nSPS) is 11.8. The topological polar surface area (TPSA) is 90.9 Å². The fourth-order valence-corrected chi connectivity index (χ4v) is 3.33. The van der Waals surface area contributed by atoms with Crippen LogP contribution in [-0.2, 0) is 38.6 Å². The lowest BCUT2D eigenvalue weighted by Gasteiger charge is -2.20. The number of hydrogen-bond acceptors (Lipinski definition) is 6. The maximum atomic E-state index is 13.0. The van der Waals surface area contributed by atoms with E-state index in [0.717, 1.165) is 11.1 Å². The minimum Gasteiger partial charge on any atom is -0.459 e. The molecular formula is C29H31NO6. The molecule has 188 valence electrons. The lowest BCUT2D eigenvalue weighted by molar-refractivity contribution is -0.147. The molecule has 0 aliphatic heterocycles. The average Bonchev–Trinajstić information content (AvgIpc) is 2.86. The molecule has 0 bridgehead atoms. The van der Waals surface area contributed by atoms with Crippen molar-refractivity contribution in [1.29, 1.82) is 0 Å². The quantitative estimate of drug-likeness (QED) is 0.327. The van der Waals surface area contributed by atoms with Crippen LogP contribution in [0.4, 0.5) is 4.79 Å². The molecular weight excluding hydrogens is 458 g/mol. The Labute approximate surface area is 211 Å². The molecule has 36 heavy (non-hydrogen) atoms. The molecule has 0 aliphatic carbocycles. The summed E-state index contributed by atoms with van der Waals surface area (Å²) in [5.74, 6) is -1.08. The summed E-state index contributed by atoms with van der Waals surface area (Å²) >= 11 is 0. The highest BCUT2D eigenvalue weighted by Gasteiger charge is 2.25. The highest BCUT2D eigenvalue weighted by Crippen LogP contribution is 2.15. The molecule has 0 fully saturated rings.